The highest BCUT2D eigenvalue weighted by Gasteiger charge is 2.20. The second-order valence-corrected chi connectivity index (χ2v) is 3.37. The number of carbonyl (C=O) groups excluding carboxylic acids is 1. The first-order chi connectivity index (χ1) is 7.61. The van der Waals surface area contributed by atoms with Crippen molar-refractivity contribution in [3.63, 3.8) is 0 Å². The fourth-order valence-electron chi connectivity index (χ4n) is 1.45. The van der Waals surface area contributed by atoms with Gasteiger partial charge >= 0.3 is 5.97 Å². The molecule has 1 heterocycles. The number of phenols is 1. The van der Waals surface area contributed by atoms with Crippen molar-refractivity contribution >= 4 is 16.9 Å². The molecule has 1 unspecified atom stereocenters. The largest absolute Gasteiger partial charge is 0.508 e. The molecule has 0 radical (unpaired) electrons. The van der Waals surface area contributed by atoms with Gasteiger partial charge in [0.25, 0.3) is 0 Å². The lowest BCUT2D eigenvalue weighted by Gasteiger charge is -2.04. The molecule has 0 amide bonds. The monoisotopic (exact) mass is 221 g/mol. The van der Waals surface area contributed by atoms with Crippen molar-refractivity contribution in [2.45, 2.75) is 6.04 Å². The van der Waals surface area contributed by atoms with E-state index in [0.29, 0.717) is 16.7 Å². The molecule has 0 aliphatic rings. The molecule has 5 heteroatoms. The number of hydrogen-bond donors (Lipinski definition) is 2. The van der Waals surface area contributed by atoms with Crippen LogP contribution in [-0.4, -0.2) is 18.2 Å². The Hall–Kier alpha value is -2.01. The molecule has 0 spiro atoms. The van der Waals surface area contributed by atoms with Crippen LogP contribution in [0.1, 0.15) is 11.8 Å². The first kappa shape index (κ1) is 10.5. The van der Waals surface area contributed by atoms with Crippen molar-refractivity contribution < 1.29 is 19.1 Å². The second-order valence-electron chi connectivity index (χ2n) is 3.37. The van der Waals surface area contributed by atoms with E-state index in [1.54, 1.807) is 12.1 Å². The molecule has 3 N–H and O–H groups in total. The summed E-state index contributed by atoms with van der Waals surface area (Å²) < 4.78 is 9.88. The van der Waals surface area contributed by atoms with Crippen LogP contribution >= 0.6 is 0 Å². The van der Waals surface area contributed by atoms with Crippen molar-refractivity contribution in [2.24, 2.45) is 5.73 Å². The minimum atomic E-state index is -0.945. The molecule has 5 nitrogen and oxygen atoms in total. The van der Waals surface area contributed by atoms with Gasteiger partial charge in [0.2, 0.25) is 0 Å². The first-order valence-electron chi connectivity index (χ1n) is 4.67. The van der Waals surface area contributed by atoms with Crippen molar-refractivity contribution in [1.29, 1.82) is 0 Å². The summed E-state index contributed by atoms with van der Waals surface area (Å²) in [7, 11) is 1.26. The molecule has 2 aromatic rings. The van der Waals surface area contributed by atoms with E-state index in [1.165, 1.54) is 19.2 Å². The van der Waals surface area contributed by atoms with Crippen molar-refractivity contribution in [1.82, 2.24) is 0 Å². The summed E-state index contributed by atoms with van der Waals surface area (Å²) in [5, 5.41) is 9.96. The van der Waals surface area contributed by atoms with Gasteiger partial charge in [-0.2, -0.15) is 0 Å². The Balaban J connectivity index is 2.43. The number of methoxy groups -OCH3 is 1. The number of ether oxygens (including phenoxy) is 1. The van der Waals surface area contributed by atoms with Crippen LogP contribution in [0.15, 0.2) is 28.7 Å². The molecule has 0 saturated heterocycles. The number of phenolic OH excluding ortho intramolecular Hbond substituents is 1. The van der Waals surface area contributed by atoms with E-state index in [1.807, 2.05) is 0 Å². The zero-order valence-corrected chi connectivity index (χ0v) is 8.64. The maximum absolute atomic E-state index is 11.2. The Kier molecular flexibility index (Phi) is 2.54. The van der Waals surface area contributed by atoms with Gasteiger partial charge in [0.05, 0.1) is 7.11 Å². The number of fused-ring (bicyclic) bond motifs is 1. The van der Waals surface area contributed by atoms with Gasteiger partial charge in [0.1, 0.15) is 17.1 Å². The maximum Gasteiger partial charge on any atom is 0.330 e. The van der Waals surface area contributed by atoms with Crippen LogP contribution in [-0.2, 0) is 9.53 Å². The van der Waals surface area contributed by atoms with E-state index in [-0.39, 0.29) is 5.75 Å². The van der Waals surface area contributed by atoms with Crippen LogP contribution in [0.3, 0.4) is 0 Å². The highest BCUT2D eigenvalue weighted by atomic mass is 16.5. The molecule has 1 aromatic heterocycles. The lowest BCUT2D eigenvalue weighted by Crippen LogP contribution is -2.21. The van der Waals surface area contributed by atoms with Gasteiger partial charge < -0.3 is 20.0 Å². The highest BCUT2D eigenvalue weighted by molar-refractivity contribution is 5.83. The van der Waals surface area contributed by atoms with Crippen molar-refractivity contribution in [2.75, 3.05) is 7.11 Å². The minimum absolute atomic E-state index is 0.131. The Morgan fingerprint density at radius 1 is 1.50 bits per heavy atom. The fourth-order valence-corrected chi connectivity index (χ4v) is 1.45. The van der Waals surface area contributed by atoms with E-state index in [9.17, 15) is 9.90 Å². The third kappa shape index (κ3) is 1.72. The van der Waals surface area contributed by atoms with E-state index in [0.717, 1.165) is 0 Å². The van der Waals surface area contributed by atoms with E-state index in [4.69, 9.17) is 10.2 Å². The molecule has 0 fully saturated rings. The van der Waals surface area contributed by atoms with Crippen molar-refractivity contribution in [3.05, 3.63) is 30.0 Å². The van der Waals surface area contributed by atoms with Gasteiger partial charge in [-0.1, -0.05) is 0 Å². The number of rotatable bonds is 2. The molecule has 1 aromatic carbocycles. The molecule has 0 saturated carbocycles. The minimum Gasteiger partial charge on any atom is -0.508 e. The summed E-state index contributed by atoms with van der Waals surface area (Å²) in [6.45, 7) is 0. The standard InChI is InChI=1S/C11H11NO4/c1-15-11(14)10(12)9-5-6-4-7(13)2-3-8(6)16-9/h2-5,10,13H,12H2,1H3. The van der Waals surface area contributed by atoms with Gasteiger partial charge in [-0.25, -0.2) is 4.79 Å². The molecule has 0 aliphatic heterocycles. The number of aromatic hydroxyl groups is 1. The molecular formula is C11H11NO4. The molecule has 1 atom stereocenters. The van der Waals surface area contributed by atoms with Crippen LogP contribution in [0.4, 0.5) is 0 Å². The van der Waals surface area contributed by atoms with Gasteiger partial charge in [-0.3, -0.25) is 0 Å². The zero-order chi connectivity index (χ0) is 11.7. The Labute approximate surface area is 91.4 Å². The van der Waals surface area contributed by atoms with Gasteiger partial charge in [-0.15, -0.1) is 0 Å². The number of carbonyl (C=O) groups is 1. The van der Waals surface area contributed by atoms with E-state index >= 15 is 0 Å². The molecule has 84 valence electrons. The van der Waals surface area contributed by atoms with Crippen LogP contribution < -0.4 is 5.73 Å². The molecule has 16 heavy (non-hydrogen) atoms. The Morgan fingerprint density at radius 3 is 2.94 bits per heavy atom. The molecule has 2 rings (SSSR count). The SMILES string of the molecule is COC(=O)C(N)c1cc2cc(O)ccc2o1. The average Bonchev–Trinajstić information content (AvgIpc) is 2.69. The van der Waals surface area contributed by atoms with Crippen LogP contribution in [0, 0.1) is 0 Å². The maximum atomic E-state index is 11.2. The average molecular weight is 221 g/mol. The summed E-state index contributed by atoms with van der Waals surface area (Å²) in [6.07, 6.45) is 0. The van der Waals surface area contributed by atoms with Gasteiger partial charge in [0.15, 0.2) is 6.04 Å². The third-order valence-corrected chi connectivity index (χ3v) is 2.28. The normalized spacial score (nSPS) is 12.6. The summed E-state index contributed by atoms with van der Waals surface area (Å²) in [5.74, 6) is -0.123. The molecule has 0 bridgehead atoms. The van der Waals surface area contributed by atoms with Crippen LogP contribution in [0.2, 0.25) is 0 Å². The van der Waals surface area contributed by atoms with E-state index in [2.05, 4.69) is 4.74 Å². The van der Waals surface area contributed by atoms with Crippen LogP contribution in [0.5, 0.6) is 5.75 Å². The number of benzene rings is 1. The second kappa shape index (κ2) is 3.86. The number of nitrogens with two attached hydrogens (primary N) is 1. The smallest absolute Gasteiger partial charge is 0.330 e. The Morgan fingerprint density at radius 2 is 2.25 bits per heavy atom. The topological polar surface area (TPSA) is 85.7 Å². The lowest BCUT2D eigenvalue weighted by atomic mass is 10.2. The highest BCUT2D eigenvalue weighted by Crippen LogP contribution is 2.26. The number of furan rings is 1. The fraction of sp³-hybridized carbons (Fsp3) is 0.182. The predicted molar refractivity (Wildman–Crippen MR) is 56.8 cm³/mol. The summed E-state index contributed by atoms with van der Waals surface area (Å²) in [4.78, 5) is 11.2. The zero-order valence-electron chi connectivity index (χ0n) is 8.64. The lowest BCUT2D eigenvalue weighted by molar-refractivity contribution is -0.142. The van der Waals surface area contributed by atoms with Crippen molar-refractivity contribution in [3.8, 4) is 5.75 Å². The number of esters is 1. The van der Waals surface area contributed by atoms with E-state index < -0.39 is 12.0 Å². The summed E-state index contributed by atoms with van der Waals surface area (Å²) in [6, 6.07) is 5.31. The van der Waals surface area contributed by atoms with Gasteiger partial charge in [-0.05, 0) is 24.3 Å². The third-order valence-electron chi connectivity index (χ3n) is 2.28. The van der Waals surface area contributed by atoms with Crippen LogP contribution in [0.25, 0.3) is 11.0 Å². The quantitative estimate of drug-likeness (QED) is 0.747. The number of hydrogen-bond acceptors (Lipinski definition) is 5. The predicted octanol–water partition coefficient (Wildman–Crippen LogP) is 1.31. The Bertz CT molecular complexity index is 532. The summed E-state index contributed by atoms with van der Waals surface area (Å²) in [5.41, 5.74) is 6.18. The first-order valence-corrected chi connectivity index (χ1v) is 4.67. The molecular weight excluding hydrogens is 210 g/mol. The van der Waals surface area contributed by atoms with Gasteiger partial charge in [0, 0.05) is 5.39 Å². The summed E-state index contributed by atoms with van der Waals surface area (Å²) >= 11 is 0. The molecule has 0 aliphatic carbocycles.